The summed E-state index contributed by atoms with van der Waals surface area (Å²) in [6.07, 6.45) is 5.80. The molecule has 0 bridgehead atoms. The Hall–Kier alpha value is -2.95. The normalized spacial score (nSPS) is 14.0. The summed E-state index contributed by atoms with van der Waals surface area (Å²) in [5.41, 5.74) is 2.12. The molecule has 0 spiro atoms. The highest BCUT2D eigenvalue weighted by Crippen LogP contribution is 2.23. The fourth-order valence-corrected chi connectivity index (χ4v) is 3.86. The number of nitrogens with one attached hydrogen (secondary N) is 1. The first kappa shape index (κ1) is 21.8. The van der Waals surface area contributed by atoms with Crippen molar-refractivity contribution in [2.45, 2.75) is 57.9 Å². The number of benzene rings is 2. The number of carbonyl (C=O) groups is 3. The van der Waals surface area contributed by atoms with Gasteiger partial charge >= 0.3 is 0 Å². The van der Waals surface area contributed by atoms with Crippen molar-refractivity contribution < 1.29 is 14.4 Å². The van der Waals surface area contributed by atoms with Crippen molar-refractivity contribution in [3.8, 4) is 0 Å². The zero-order valence-electron chi connectivity index (χ0n) is 17.6. The summed E-state index contributed by atoms with van der Waals surface area (Å²) in [6, 6.07) is 17.1. The molecule has 2 aromatic carbocycles. The molecule has 30 heavy (non-hydrogen) atoms. The van der Waals surface area contributed by atoms with Crippen LogP contribution in [0.2, 0.25) is 0 Å². The molecule has 1 N–H and O–H groups in total. The minimum absolute atomic E-state index is 0.0528. The van der Waals surface area contributed by atoms with Crippen LogP contribution in [0.1, 0.15) is 84.2 Å². The second-order valence-electron chi connectivity index (χ2n) is 7.79. The molecule has 2 aromatic rings. The maximum Gasteiger partial charge on any atom is 0.261 e. The van der Waals surface area contributed by atoms with Crippen LogP contribution in [0.15, 0.2) is 54.6 Å². The number of imide groups is 1. The van der Waals surface area contributed by atoms with E-state index in [9.17, 15) is 14.4 Å². The lowest BCUT2D eigenvalue weighted by Gasteiger charge is -2.19. The zero-order valence-corrected chi connectivity index (χ0v) is 17.6. The van der Waals surface area contributed by atoms with Crippen LogP contribution in [0.3, 0.4) is 0 Å². The van der Waals surface area contributed by atoms with E-state index in [1.165, 1.54) is 4.90 Å². The Morgan fingerprint density at radius 1 is 0.867 bits per heavy atom. The van der Waals surface area contributed by atoms with Crippen LogP contribution in [-0.4, -0.2) is 29.2 Å². The van der Waals surface area contributed by atoms with Gasteiger partial charge in [0.15, 0.2) is 0 Å². The lowest BCUT2D eigenvalue weighted by atomic mass is 10.0. The third-order valence-electron chi connectivity index (χ3n) is 5.55. The Labute approximate surface area is 178 Å². The summed E-state index contributed by atoms with van der Waals surface area (Å²) in [4.78, 5) is 38.5. The van der Waals surface area contributed by atoms with Crippen LogP contribution < -0.4 is 5.32 Å². The summed E-state index contributed by atoms with van der Waals surface area (Å²) in [5.74, 6) is -0.370. The van der Waals surface area contributed by atoms with Crippen molar-refractivity contribution in [2.24, 2.45) is 0 Å². The van der Waals surface area contributed by atoms with E-state index >= 15 is 0 Å². The molecule has 1 heterocycles. The molecule has 158 valence electrons. The van der Waals surface area contributed by atoms with Crippen LogP contribution >= 0.6 is 0 Å². The van der Waals surface area contributed by atoms with Gasteiger partial charge in [-0.2, -0.15) is 0 Å². The molecule has 0 aromatic heterocycles. The largest absolute Gasteiger partial charge is 0.349 e. The van der Waals surface area contributed by atoms with Gasteiger partial charge in [-0.05, 0) is 37.0 Å². The minimum atomic E-state index is -0.213. The molecule has 5 nitrogen and oxygen atoms in total. The van der Waals surface area contributed by atoms with Gasteiger partial charge in [0.1, 0.15) is 0 Å². The highest BCUT2D eigenvalue weighted by atomic mass is 16.2. The molecular weight excluding hydrogens is 376 g/mol. The van der Waals surface area contributed by atoms with E-state index in [0.29, 0.717) is 30.5 Å². The van der Waals surface area contributed by atoms with Crippen LogP contribution in [0.5, 0.6) is 0 Å². The highest BCUT2D eigenvalue weighted by molar-refractivity contribution is 6.21. The second kappa shape index (κ2) is 10.7. The molecule has 5 heteroatoms. The fraction of sp³-hybridized carbons (Fsp3) is 0.400. The van der Waals surface area contributed by atoms with Gasteiger partial charge in [-0.1, -0.05) is 68.7 Å². The van der Waals surface area contributed by atoms with Crippen molar-refractivity contribution in [3.63, 3.8) is 0 Å². The second-order valence-corrected chi connectivity index (χ2v) is 7.79. The van der Waals surface area contributed by atoms with E-state index < -0.39 is 0 Å². The first-order valence-corrected chi connectivity index (χ1v) is 10.9. The number of carbonyl (C=O) groups excluding carboxylic acids is 3. The number of hydrogen-bond donors (Lipinski definition) is 1. The van der Waals surface area contributed by atoms with Crippen molar-refractivity contribution >= 4 is 17.7 Å². The van der Waals surface area contributed by atoms with Gasteiger partial charge < -0.3 is 5.32 Å². The maximum atomic E-state index is 12.4. The lowest BCUT2D eigenvalue weighted by molar-refractivity contribution is -0.122. The van der Waals surface area contributed by atoms with Crippen LogP contribution in [0.4, 0.5) is 0 Å². The summed E-state index contributed by atoms with van der Waals surface area (Å²) in [6.45, 7) is 2.55. The van der Waals surface area contributed by atoms with E-state index in [-0.39, 0.29) is 23.8 Å². The first-order valence-electron chi connectivity index (χ1n) is 10.9. The van der Waals surface area contributed by atoms with Gasteiger partial charge in [-0.3, -0.25) is 19.3 Å². The number of amides is 3. The minimum Gasteiger partial charge on any atom is -0.349 e. The van der Waals surface area contributed by atoms with E-state index in [1.807, 2.05) is 18.2 Å². The highest BCUT2D eigenvalue weighted by Gasteiger charge is 2.34. The average molecular weight is 407 g/mol. The van der Waals surface area contributed by atoms with E-state index in [4.69, 9.17) is 0 Å². The number of hydrogen-bond acceptors (Lipinski definition) is 3. The van der Waals surface area contributed by atoms with Crippen molar-refractivity contribution in [1.82, 2.24) is 10.2 Å². The SMILES string of the molecule is CCCC[C@H](NC(=O)CCCCCN1C(=O)c2ccccc2C1=O)c1ccccc1. The van der Waals surface area contributed by atoms with Gasteiger partial charge in [0.05, 0.1) is 17.2 Å². The molecule has 0 saturated heterocycles. The monoisotopic (exact) mass is 406 g/mol. The lowest BCUT2D eigenvalue weighted by Crippen LogP contribution is -2.30. The van der Waals surface area contributed by atoms with Crippen LogP contribution in [0.25, 0.3) is 0 Å². The predicted molar refractivity (Wildman–Crippen MR) is 117 cm³/mol. The van der Waals surface area contributed by atoms with Crippen LogP contribution in [-0.2, 0) is 4.79 Å². The summed E-state index contributed by atoms with van der Waals surface area (Å²) in [7, 11) is 0. The Morgan fingerprint density at radius 2 is 1.50 bits per heavy atom. The van der Waals surface area contributed by atoms with Gasteiger partial charge in [-0.25, -0.2) is 0 Å². The molecule has 1 aliphatic heterocycles. The molecule has 0 unspecified atom stereocenters. The Morgan fingerprint density at radius 3 is 2.13 bits per heavy atom. The zero-order chi connectivity index (χ0) is 21.3. The third-order valence-corrected chi connectivity index (χ3v) is 5.55. The van der Waals surface area contributed by atoms with Gasteiger partial charge in [0, 0.05) is 13.0 Å². The van der Waals surface area contributed by atoms with E-state index in [0.717, 1.165) is 37.7 Å². The predicted octanol–water partition coefficient (Wildman–Crippen LogP) is 4.89. The van der Waals surface area contributed by atoms with Crippen molar-refractivity contribution in [2.75, 3.05) is 6.54 Å². The number of fused-ring (bicyclic) bond motifs is 1. The molecule has 0 radical (unpaired) electrons. The molecule has 3 rings (SSSR count). The third kappa shape index (κ3) is 5.35. The number of rotatable bonds is 11. The topological polar surface area (TPSA) is 66.5 Å². The smallest absolute Gasteiger partial charge is 0.261 e. The van der Waals surface area contributed by atoms with Crippen molar-refractivity contribution in [1.29, 1.82) is 0 Å². The molecule has 1 aliphatic rings. The maximum absolute atomic E-state index is 12.4. The number of nitrogens with zero attached hydrogens (tertiary/aromatic N) is 1. The van der Waals surface area contributed by atoms with Crippen molar-refractivity contribution in [3.05, 3.63) is 71.3 Å². The number of unbranched alkanes of at least 4 members (excludes halogenated alkanes) is 3. The summed E-state index contributed by atoms with van der Waals surface area (Å²) >= 11 is 0. The first-order chi connectivity index (χ1) is 14.6. The summed E-state index contributed by atoms with van der Waals surface area (Å²) in [5, 5.41) is 3.17. The summed E-state index contributed by atoms with van der Waals surface area (Å²) < 4.78 is 0. The molecule has 1 atom stereocenters. The molecular formula is C25H30N2O3. The molecule has 3 amide bonds. The van der Waals surface area contributed by atoms with E-state index in [2.05, 4.69) is 24.4 Å². The Balaban J connectivity index is 1.40. The Bertz CT molecular complexity index is 844. The molecule has 0 aliphatic carbocycles. The Kier molecular flexibility index (Phi) is 7.77. The molecule has 0 fully saturated rings. The molecule has 0 saturated carbocycles. The van der Waals surface area contributed by atoms with Gasteiger partial charge in [-0.15, -0.1) is 0 Å². The quantitative estimate of drug-likeness (QED) is 0.427. The van der Waals surface area contributed by atoms with E-state index in [1.54, 1.807) is 24.3 Å². The standard InChI is InChI=1S/C25H30N2O3/c1-2-3-16-22(19-12-6-4-7-13-19)26-23(28)17-8-5-11-18-27-24(29)20-14-9-10-15-21(20)25(27)30/h4,6-7,9-10,12-15,22H,2-3,5,8,11,16-18H2,1H3,(H,26,28)/t22-/m0/s1. The van der Waals surface area contributed by atoms with Gasteiger partial charge in [0.2, 0.25) is 5.91 Å². The fourth-order valence-electron chi connectivity index (χ4n) is 3.86. The van der Waals surface area contributed by atoms with Gasteiger partial charge in [0.25, 0.3) is 11.8 Å². The average Bonchev–Trinajstić information content (AvgIpc) is 3.02. The van der Waals surface area contributed by atoms with Crippen LogP contribution in [0, 0.1) is 0 Å².